The zero-order chi connectivity index (χ0) is 16.1. The molecule has 0 saturated carbocycles. The lowest BCUT2D eigenvalue weighted by molar-refractivity contribution is -0.137. The van der Waals surface area contributed by atoms with E-state index >= 15 is 0 Å². The number of aromatic hydroxyl groups is 1. The molecule has 0 amide bonds. The fourth-order valence-corrected chi connectivity index (χ4v) is 2.56. The smallest absolute Gasteiger partial charge is 0.304 e. The summed E-state index contributed by atoms with van der Waals surface area (Å²) in [5.74, 6) is -1.13. The summed E-state index contributed by atoms with van der Waals surface area (Å²) in [6.45, 7) is 2.15. The van der Waals surface area contributed by atoms with Gasteiger partial charge in [-0.05, 0) is 19.9 Å². The zero-order valence-electron chi connectivity index (χ0n) is 12.7. The summed E-state index contributed by atoms with van der Waals surface area (Å²) in [7, 11) is 1.80. The molecule has 1 aromatic rings. The van der Waals surface area contributed by atoms with Crippen molar-refractivity contribution >= 4 is 5.97 Å². The predicted molar refractivity (Wildman–Crippen MR) is 79.9 cm³/mol. The first-order chi connectivity index (χ1) is 10.5. The molecule has 0 radical (unpaired) electrons. The molecule has 1 aromatic heterocycles. The minimum absolute atomic E-state index is 0.0462. The summed E-state index contributed by atoms with van der Waals surface area (Å²) in [4.78, 5) is 24.1. The van der Waals surface area contributed by atoms with Crippen LogP contribution in [0.15, 0.2) is 17.1 Å². The van der Waals surface area contributed by atoms with E-state index in [1.807, 2.05) is 9.47 Å². The van der Waals surface area contributed by atoms with Crippen molar-refractivity contribution in [2.75, 3.05) is 20.2 Å². The molecule has 0 aromatic carbocycles. The van der Waals surface area contributed by atoms with Crippen LogP contribution in [0.25, 0.3) is 0 Å². The minimum Gasteiger partial charge on any atom is -0.503 e. The third kappa shape index (κ3) is 4.57. The van der Waals surface area contributed by atoms with Gasteiger partial charge in [0.05, 0.1) is 18.7 Å². The van der Waals surface area contributed by atoms with Gasteiger partial charge in [-0.3, -0.25) is 9.59 Å². The number of carbonyl (C=O) groups is 1. The molecule has 1 aliphatic heterocycles. The topological polar surface area (TPSA) is 92.0 Å². The molecule has 1 saturated heterocycles. The van der Waals surface area contributed by atoms with E-state index in [2.05, 4.69) is 0 Å². The van der Waals surface area contributed by atoms with Gasteiger partial charge in [-0.25, -0.2) is 0 Å². The number of hydrogen-bond donors (Lipinski definition) is 2. The lowest BCUT2D eigenvalue weighted by Crippen LogP contribution is -2.26. The molecule has 7 nitrogen and oxygen atoms in total. The monoisotopic (exact) mass is 310 g/mol. The number of ether oxygens (including phenoxy) is 1. The number of aromatic nitrogens is 1. The molecular formula is C15H22N2O5. The normalized spacial score (nSPS) is 18.0. The van der Waals surface area contributed by atoms with Crippen LogP contribution in [0.2, 0.25) is 0 Å². The van der Waals surface area contributed by atoms with Gasteiger partial charge in [0.1, 0.15) is 0 Å². The van der Waals surface area contributed by atoms with Gasteiger partial charge in [-0.2, -0.15) is 0 Å². The lowest BCUT2D eigenvalue weighted by Gasteiger charge is -2.21. The molecule has 7 heteroatoms. The quantitative estimate of drug-likeness (QED) is 0.768. The van der Waals surface area contributed by atoms with Crippen LogP contribution in [-0.2, 0) is 22.6 Å². The largest absolute Gasteiger partial charge is 0.503 e. The van der Waals surface area contributed by atoms with E-state index in [-0.39, 0.29) is 18.3 Å². The van der Waals surface area contributed by atoms with Crippen LogP contribution in [-0.4, -0.2) is 52.0 Å². The van der Waals surface area contributed by atoms with E-state index in [1.165, 1.54) is 12.3 Å². The average Bonchev–Trinajstić information content (AvgIpc) is 2.95. The maximum atomic E-state index is 11.7. The Morgan fingerprint density at radius 2 is 2.32 bits per heavy atom. The maximum Gasteiger partial charge on any atom is 0.304 e. The van der Waals surface area contributed by atoms with E-state index < -0.39 is 11.4 Å². The minimum atomic E-state index is -0.852. The SMILES string of the molecule is CN(CCC(=O)O)Cc1cc(=O)c(O)cn1CC1CCCO1. The van der Waals surface area contributed by atoms with E-state index in [4.69, 9.17) is 9.84 Å². The molecular weight excluding hydrogens is 288 g/mol. The molecule has 22 heavy (non-hydrogen) atoms. The number of rotatable bonds is 7. The Labute approximate surface area is 128 Å². The van der Waals surface area contributed by atoms with Crippen LogP contribution in [0.3, 0.4) is 0 Å². The van der Waals surface area contributed by atoms with E-state index in [0.29, 0.717) is 19.6 Å². The zero-order valence-corrected chi connectivity index (χ0v) is 12.7. The van der Waals surface area contributed by atoms with Crippen LogP contribution in [0.5, 0.6) is 5.75 Å². The van der Waals surface area contributed by atoms with E-state index in [0.717, 1.165) is 25.1 Å². The van der Waals surface area contributed by atoms with Crippen molar-refractivity contribution in [1.29, 1.82) is 0 Å². The molecule has 2 rings (SSSR count). The Hall–Kier alpha value is -1.86. The van der Waals surface area contributed by atoms with Crippen molar-refractivity contribution in [2.24, 2.45) is 0 Å². The summed E-state index contributed by atoms with van der Waals surface area (Å²) < 4.78 is 7.42. The van der Waals surface area contributed by atoms with Gasteiger partial charge >= 0.3 is 5.97 Å². The number of carboxylic acid groups (broad SMARTS) is 1. The second-order valence-corrected chi connectivity index (χ2v) is 5.68. The molecule has 1 atom stereocenters. The van der Waals surface area contributed by atoms with Crippen molar-refractivity contribution < 1.29 is 19.7 Å². The maximum absolute atomic E-state index is 11.7. The van der Waals surface area contributed by atoms with Crippen LogP contribution in [0.1, 0.15) is 25.0 Å². The summed E-state index contributed by atoms with van der Waals surface area (Å²) in [5.41, 5.74) is 0.316. The Balaban J connectivity index is 2.11. The highest BCUT2D eigenvalue weighted by Gasteiger charge is 2.18. The highest BCUT2D eigenvalue weighted by atomic mass is 16.5. The Morgan fingerprint density at radius 3 is 2.95 bits per heavy atom. The average molecular weight is 310 g/mol. The second-order valence-electron chi connectivity index (χ2n) is 5.68. The van der Waals surface area contributed by atoms with Crippen molar-refractivity contribution in [3.05, 3.63) is 28.2 Å². The van der Waals surface area contributed by atoms with E-state index in [9.17, 15) is 14.7 Å². The van der Waals surface area contributed by atoms with Gasteiger partial charge in [-0.15, -0.1) is 0 Å². The summed E-state index contributed by atoms with van der Waals surface area (Å²) >= 11 is 0. The van der Waals surface area contributed by atoms with E-state index in [1.54, 1.807) is 7.05 Å². The van der Waals surface area contributed by atoms with Gasteiger partial charge in [0.2, 0.25) is 5.43 Å². The first kappa shape index (κ1) is 16.5. The molecule has 0 aliphatic carbocycles. The predicted octanol–water partition coefficient (Wildman–Crippen LogP) is 0.639. The fraction of sp³-hybridized carbons (Fsp3) is 0.600. The number of carboxylic acids is 1. The summed E-state index contributed by atoms with van der Waals surface area (Å²) in [6.07, 6.45) is 3.55. The molecule has 122 valence electrons. The van der Waals surface area contributed by atoms with Crippen molar-refractivity contribution in [3.8, 4) is 5.75 Å². The molecule has 2 heterocycles. The van der Waals surface area contributed by atoms with Crippen LogP contribution < -0.4 is 5.43 Å². The number of aliphatic carboxylic acids is 1. The highest BCUT2D eigenvalue weighted by molar-refractivity contribution is 5.66. The van der Waals surface area contributed by atoms with Crippen molar-refractivity contribution in [1.82, 2.24) is 9.47 Å². The van der Waals surface area contributed by atoms with Gasteiger partial charge in [0.25, 0.3) is 0 Å². The summed E-state index contributed by atoms with van der Waals surface area (Å²) in [6, 6.07) is 1.40. The molecule has 0 bridgehead atoms. The number of hydrogen-bond acceptors (Lipinski definition) is 5. The van der Waals surface area contributed by atoms with Gasteiger partial charge < -0.3 is 24.4 Å². The molecule has 2 N–H and O–H groups in total. The van der Waals surface area contributed by atoms with Gasteiger partial charge in [0.15, 0.2) is 5.75 Å². The van der Waals surface area contributed by atoms with Gasteiger partial charge in [0, 0.05) is 38.0 Å². The molecule has 1 unspecified atom stereocenters. The fourth-order valence-electron chi connectivity index (χ4n) is 2.56. The van der Waals surface area contributed by atoms with Crippen molar-refractivity contribution in [2.45, 2.75) is 38.5 Å². The van der Waals surface area contributed by atoms with Crippen LogP contribution >= 0.6 is 0 Å². The number of nitrogens with zero attached hydrogens (tertiary/aromatic N) is 2. The number of pyridine rings is 1. The molecule has 1 fully saturated rings. The van der Waals surface area contributed by atoms with Crippen molar-refractivity contribution in [3.63, 3.8) is 0 Å². The van der Waals surface area contributed by atoms with Gasteiger partial charge in [-0.1, -0.05) is 0 Å². The second kappa shape index (κ2) is 7.42. The Kier molecular flexibility index (Phi) is 5.57. The molecule has 1 aliphatic rings. The Bertz CT molecular complexity index is 578. The van der Waals surface area contributed by atoms with Crippen LogP contribution in [0.4, 0.5) is 0 Å². The molecule has 0 spiro atoms. The standard InChI is InChI=1S/C15H22N2O5/c1-16(5-4-15(20)21)8-11-7-13(18)14(19)10-17(11)9-12-3-2-6-22-12/h7,10,12,19H,2-6,8-9H2,1H3,(H,20,21). The third-order valence-electron chi connectivity index (χ3n) is 3.76. The Morgan fingerprint density at radius 1 is 1.55 bits per heavy atom. The first-order valence-corrected chi connectivity index (χ1v) is 7.40. The third-order valence-corrected chi connectivity index (χ3v) is 3.76. The highest BCUT2D eigenvalue weighted by Crippen LogP contribution is 2.16. The van der Waals surface area contributed by atoms with Crippen LogP contribution in [0, 0.1) is 0 Å². The lowest BCUT2D eigenvalue weighted by atomic mass is 10.2. The summed E-state index contributed by atoms with van der Waals surface area (Å²) in [5, 5.41) is 18.4. The first-order valence-electron chi connectivity index (χ1n) is 7.40.